The molecule has 4 aromatic rings. The number of thiol groups is 2. The lowest BCUT2D eigenvalue weighted by Gasteiger charge is -2.28. The van der Waals surface area contributed by atoms with Gasteiger partial charge in [0.05, 0.1) is 18.9 Å². The number of hydrogen-bond donors (Lipinski definition) is 14. The van der Waals surface area contributed by atoms with Gasteiger partial charge < -0.3 is 64.2 Å². The van der Waals surface area contributed by atoms with Crippen molar-refractivity contribution in [3.8, 4) is 0 Å². The van der Waals surface area contributed by atoms with Crippen molar-refractivity contribution in [1.82, 2.24) is 46.9 Å². The summed E-state index contributed by atoms with van der Waals surface area (Å²) in [7, 11) is 0. The number of alkyl halides is 1. The highest BCUT2D eigenvalue weighted by molar-refractivity contribution is 14.1. The number of nitrogens with two attached hydrogens (primary N) is 3. The van der Waals surface area contributed by atoms with Gasteiger partial charge in [-0.1, -0.05) is 90.9 Å². The van der Waals surface area contributed by atoms with E-state index in [0.29, 0.717) is 29.7 Å². The normalized spacial score (nSPS) is 14.7. The molecule has 2 aromatic carbocycles. The van der Waals surface area contributed by atoms with Crippen LogP contribution in [0.5, 0.6) is 0 Å². The monoisotopic (exact) mass is 1090 g/mol. The fourth-order valence-corrected chi connectivity index (χ4v) is 8.17. The molecule has 2 aromatic heterocycles. The number of hydrogen-bond acceptors (Lipinski definition) is 12. The number of benzene rings is 2. The molecule has 0 saturated heterocycles. The molecule has 21 nitrogen and oxygen atoms in total. The molecule has 0 aliphatic rings. The minimum atomic E-state index is -1.39. The van der Waals surface area contributed by atoms with Crippen LogP contribution in [0.1, 0.15) is 49.4 Å². The average Bonchev–Trinajstić information content (AvgIpc) is 4.00. The summed E-state index contributed by atoms with van der Waals surface area (Å²) in [5, 5.41) is 26.5. The number of halogens is 1. The van der Waals surface area contributed by atoms with Crippen LogP contribution < -0.4 is 49.1 Å². The highest BCUT2D eigenvalue weighted by Crippen LogP contribution is 2.20. The first-order valence-corrected chi connectivity index (χ1v) is 24.3. The number of aliphatic imine (C=N–C) groups is 1. The summed E-state index contributed by atoms with van der Waals surface area (Å²) < 4.78 is -0.468. The number of aromatic amines is 2. The Labute approximate surface area is 417 Å². The molecule has 68 heavy (non-hydrogen) atoms. The highest BCUT2D eigenvalue weighted by atomic mass is 127. The molecule has 368 valence electrons. The number of carboxylic acids is 1. The third kappa shape index (κ3) is 17.3. The summed E-state index contributed by atoms with van der Waals surface area (Å²) in [6, 6.07) is 7.20. The molecule has 6 amide bonds. The number of nitrogens with zero attached hydrogens (tertiary/aromatic N) is 2. The summed E-state index contributed by atoms with van der Waals surface area (Å²) in [4.78, 5) is 110. The van der Waals surface area contributed by atoms with Crippen LogP contribution in [0.4, 0.5) is 0 Å². The number of carboxylic acid groups (broad SMARTS) is 1. The number of nitrogens with one attached hydrogen (secondary N) is 8. The van der Waals surface area contributed by atoms with Gasteiger partial charge in [-0.3, -0.25) is 33.8 Å². The number of H-pyrrole nitrogens is 2. The van der Waals surface area contributed by atoms with Crippen LogP contribution in [0.3, 0.4) is 0 Å². The van der Waals surface area contributed by atoms with Gasteiger partial charge in [-0.25, -0.2) is 9.78 Å². The number of unbranched alkanes of at least 4 members (excludes halogenated alkanes) is 1. The van der Waals surface area contributed by atoms with Gasteiger partial charge >= 0.3 is 5.97 Å². The van der Waals surface area contributed by atoms with Crippen molar-refractivity contribution < 1.29 is 38.7 Å². The average molecular weight is 1090 g/mol. The maximum absolute atomic E-state index is 14.6. The van der Waals surface area contributed by atoms with E-state index in [9.17, 15) is 38.7 Å². The number of guanidine groups is 1. The number of carbonyl (C=O) groups excluding carboxylic acids is 6. The Morgan fingerprint density at radius 1 is 0.721 bits per heavy atom. The van der Waals surface area contributed by atoms with Crippen molar-refractivity contribution in [3.63, 3.8) is 0 Å². The van der Waals surface area contributed by atoms with Gasteiger partial charge in [-0.15, -0.1) is 0 Å². The highest BCUT2D eigenvalue weighted by Gasteiger charge is 2.35. The van der Waals surface area contributed by atoms with E-state index >= 15 is 0 Å². The third-order valence-electron chi connectivity index (χ3n) is 10.7. The van der Waals surface area contributed by atoms with Crippen LogP contribution in [0, 0.1) is 0 Å². The molecule has 0 bridgehead atoms. The molecule has 2 heterocycles. The van der Waals surface area contributed by atoms with E-state index in [2.05, 4.69) is 77.1 Å². The van der Waals surface area contributed by atoms with Crippen molar-refractivity contribution in [2.24, 2.45) is 22.2 Å². The summed E-state index contributed by atoms with van der Waals surface area (Å²) >= 11 is 10.4. The minimum absolute atomic E-state index is 0.0433. The molecule has 15 N–H and O–H groups in total. The molecule has 0 radical (unpaired) electrons. The molecule has 0 fully saturated rings. The molecule has 0 aliphatic heterocycles. The van der Waals surface area contributed by atoms with E-state index in [-0.39, 0.29) is 49.7 Å². The maximum Gasteiger partial charge on any atom is 0.327 e. The maximum atomic E-state index is 14.6. The zero-order valence-corrected chi connectivity index (χ0v) is 41.3. The minimum Gasteiger partial charge on any atom is -0.480 e. The molecule has 24 heteroatoms. The molecule has 0 aliphatic carbocycles. The molecule has 0 spiro atoms. The second-order valence-corrected chi connectivity index (χ2v) is 18.4. The number of para-hydroxylation sites is 1. The fraction of sp³-hybridized carbons (Fsp3) is 0.432. The van der Waals surface area contributed by atoms with Crippen LogP contribution in [0.25, 0.3) is 10.9 Å². The first kappa shape index (κ1) is 54.7. The molecule has 8 atom stereocenters. The number of amides is 6. The van der Waals surface area contributed by atoms with E-state index in [0.717, 1.165) is 17.3 Å². The number of aromatic nitrogens is 3. The first-order valence-electron chi connectivity index (χ1n) is 21.8. The van der Waals surface area contributed by atoms with E-state index in [1.54, 1.807) is 42.6 Å². The quantitative estimate of drug-likeness (QED) is 0.0115. The largest absolute Gasteiger partial charge is 0.480 e. The van der Waals surface area contributed by atoms with Crippen LogP contribution in [-0.4, -0.2) is 132 Å². The van der Waals surface area contributed by atoms with Gasteiger partial charge in [0.25, 0.3) is 0 Å². The van der Waals surface area contributed by atoms with Crippen molar-refractivity contribution in [1.29, 1.82) is 0 Å². The van der Waals surface area contributed by atoms with Gasteiger partial charge in [-0.05, 0) is 30.0 Å². The van der Waals surface area contributed by atoms with Crippen molar-refractivity contribution >= 4 is 106 Å². The number of fused-ring (bicyclic) bond motifs is 1. The predicted octanol–water partition coefficient (Wildman–Crippen LogP) is -0.243. The molecule has 0 saturated carbocycles. The Kier molecular flexibility index (Phi) is 22.4. The predicted molar refractivity (Wildman–Crippen MR) is 272 cm³/mol. The smallest absolute Gasteiger partial charge is 0.327 e. The lowest BCUT2D eigenvalue weighted by Crippen LogP contribution is -2.61. The Morgan fingerprint density at radius 2 is 1.26 bits per heavy atom. The Balaban J connectivity index is 1.66. The second kappa shape index (κ2) is 27.8. The number of imidazole rings is 1. The van der Waals surface area contributed by atoms with Crippen molar-refractivity contribution in [2.45, 2.75) is 98.1 Å². The molecular formula is C44H60IN13O8S2. The topological polar surface area (TPSA) is 347 Å². The lowest BCUT2D eigenvalue weighted by molar-refractivity contribution is -0.141. The Bertz CT molecular complexity index is 2330. The first-order chi connectivity index (χ1) is 32.5. The van der Waals surface area contributed by atoms with E-state index < -0.39 is 87.6 Å². The van der Waals surface area contributed by atoms with E-state index in [1.807, 2.05) is 47.7 Å². The van der Waals surface area contributed by atoms with E-state index in [4.69, 9.17) is 17.2 Å². The number of aliphatic carboxylic acids is 1. The summed E-state index contributed by atoms with van der Waals surface area (Å²) in [5.74, 6) is -6.43. The summed E-state index contributed by atoms with van der Waals surface area (Å²) in [6.45, 7) is 2.00. The second-order valence-electron chi connectivity index (χ2n) is 16.0. The van der Waals surface area contributed by atoms with Gasteiger partial charge in [-0.2, -0.15) is 25.3 Å². The standard InChI is InChI=1S/C44H60IN13O8S2/c1-2-3-12-29(46)37(59)57-35(21-67)42(64)56-34(17-27-20-49-23-52-27)41(63)53-31(14-24-9-5-4-6-10-24)38(60)55-33(16-26(45)19-51-44(47)48)40(62)54-32(39(61)58-36(22-68)43(65)66)15-25-18-50-30-13-8-7-11-28(25)30/h4-11,13,18,20,23,26,29,31-36,50,67-68H,2-3,12,14-17,19,21-22,46H2,1H3,(H,49,52)(H,53,63)(H,54,62)(H,55,60)(H,56,64)(H,57,59)(H,58,61)(H,65,66)(H4,47,48,51)/t26?,29-,31+,32+,33-,34-,35-,36-/m0/s1. The Hall–Kier alpha value is -5.86. The fourth-order valence-electron chi connectivity index (χ4n) is 6.96. The SMILES string of the molecule is CCCC[C@H](N)C(=O)N[C@@H](CS)C(=O)N[C@@H](Cc1cnc[nH]1)C(=O)N[C@H](Cc1ccccc1)C(=O)N[C@@H](CC(I)CN=C(N)N)C(=O)N[C@H](Cc1c[nH]c2ccccc12)C(=O)N[C@@H](CS)C(=O)O. The molecular weight excluding hydrogens is 1030 g/mol. The van der Waals surface area contributed by atoms with Crippen LogP contribution >= 0.6 is 47.8 Å². The van der Waals surface area contributed by atoms with Crippen LogP contribution in [0.15, 0.2) is 78.3 Å². The zero-order valence-electron chi connectivity index (χ0n) is 37.3. The Morgan fingerprint density at radius 3 is 1.85 bits per heavy atom. The van der Waals surface area contributed by atoms with Gasteiger partial charge in [0, 0.05) is 63.7 Å². The van der Waals surface area contributed by atoms with Gasteiger partial charge in [0.15, 0.2) is 5.96 Å². The van der Waals surface area contributed by atoms with Crippen LogP contribution in [0.2, 0.25) is 0 Å². The molecule has 4 rings (SSSR count). The molecule has 1 unspecified atom stereocenters. The lowest BCUT2D eigenvalue weighted by atomic mass is 10.0. The van der Waals surface area contributed by atoms with Gasteiger partial charge in [0.1, 0.15) is 36.3 Å². The summed E-state index contributed by atoms with van der Waals surface area (Å²) in [5.41, 5.74) is 19.7. The van der Waals surface area contributed by atoms with Crippen LogP contribution in [-0.2, 0) is 52.8 Å². The van der Waals surface area contributed by atoms with Crippen molar-refractivity contribution in [3.05, 3.63) is 90.1 Å². The number of carbonyl (C=O) groups is 7. The van der Waals surface area contributed by atoms with Gasteiger partial charge in [0.2, 0.25) is 35.4 Å². The number of rotatable bonds is 28. The third-order valence-corrected chi connectivity index (χ3v) is 12.3. The van der Waals surface area contributed by atoms with E-state index in [1.165, 1.54) is 12.5 Å². The van der Waals surface area contributed by atoms with Crippen molar-refractivity contribution in [2.75, 3.05) is 18.1 Å². The zero-order chi connectivity index (χ0) is 49.8. The summed E-state index contributed by atoms with van der Waals surface area (Å²) in [6.07, 6.45) is 6.12.